The third kappa shape index (κ3) is 2.60. The van der Waals surface area contributed by atoms with Crippen molar-refractivity contribution in [2.75, 3.05) is 7.11 Å². The number of nitrogens with zero attached hydrogens (tertiary/aromatic N) is 3. The smallest absolute Gasteiger partial charge is 0.275 e. The van der Waals surface area contributed by atoms with Gasteiger partial charge in [-0.3, -0.25) is 4.79 Å². The SMILES string of the molecule is COc1ccc2[nH]cc(-c3nn4c(=O)cc(-c5ccccc5)nc4s3)c2c1. The number of H-pyrrole nitrogens is 1. The summed E-state index contributed by atoms with van der Waals surface area (Å²) in [5.41, 5.74) is 3.26. The Balaban J connectivity index is 1.69. The lowest BCUT2D eigenvalue weighted by atomic mass is 10.1. The molecular weight excluding hydrogens is 360 g/mol. The highest BCUT2D eigenvalue weighted by molar-refractivity contribution is 7.19. The molecule has 1 N–H and O–H groups in total. The predicted molar refractivity (Wildman–Crippen MR) is 106 cm³/mol. The Kier molecular flexibility index (Phi) is 3.54. The highest BCUT2D eigenvalue weighted by atomic mass is 32.1. The summed E-state index contributed by atoms with van der Waals surface area (Å²) >= 11 is 1.39. The summed E-state index contributed by atoms with van der Waals surface area (Å²) in [6.07, 6.45) is 1.89. The fourth-order valence-corrected chi connectivity index (χ4v) is 4.02. The van der Waals surface area contributed by atoms with Gasteiger partial charge >= 0.3 is 0 Å². The fraction of sp³-hybridized carbons (Fsp3) is 0.0500. The molecule has 5 aromatic rings. The number of methoxy groups -OCH3 is 1. The van der Waals surface area contributed by atoms with Gasteiger partial charge in [-0.2, -0.15) is 9.61 Å². The van der Waals surface area contributed by atoms with Gasteiger partial charge in [-0.25, -0.2) is 4.98 Å². The minimum Gasteiger partial charge on any atom is -0.497 e. The van der Waals surface area contributed by atoms with Crippen molar-refractivity contribution in [3.8, 4) is 27.6 Å². The number of hydrogen-bond acceptors (Lipinski definition) is 5. The van der Waals surface area contributed by atoms with Gasteiger partial charge in [0.1, 0.15) is 10.8 Å². The van der Waals surface area contributed by atoms with Gasteiger partial charge in [-0.15, -0.1) is 0 Å². The molecule has 7 heteroatoms. The third-order valence-corrected chi connectivity index (χ3v) is 5.38. The van der Waals surface area contributed by atoms with Crippen LogP contribution in [0, 0.1) is 0 Å². The number of aromatic nitrogens is 4. The zero-order valence-electron chi connectivity index (χ0n) is 14.3. The monoisotopic (exact) mass is 374 g/mol. The molecule has 0 spiro atoms. The summed E-state index contributed by atoms with van der Waals surface area (Å²) in [5.74, 6) is 0.770. The van der Waals surface area contributed by atoms with E-state index >= 15 is 0 Å². The molecule has 5 rings (SSSR count). The van der Waals surface area contributed by atoms with Crippen LogP contribution < -0.4 is 10.3 Å². The minimum absolute atomic E-state index is 0.196. The van der Waals surface area contributed by atoms with Crippen molar-refractivity contribution in [1.29, 1.82) is 0 Å². The highest BCUT2D eigenvalue weighted by Crippen LogP contribution is 2.33. The maximum atomic E-state index is 12.6. The van der Waals surface area contributed by atoms with Crippen molar-refractivity contribution in [1.82, 2.24) is 19.6 Å². The largest absolute Gasteiger partial charge is 0.497 e. The first-order valence-electron chi connectivity index (χ1n) is 8.35. The Labute approximate surface area is 157 Å². The molecule has 0 unspecified atom stereocenters. The average molecular weight is 374 g/mol. The molecule has 0 radical (unpaired) electrons. The van der Waals surface area contributed by atoms with Crippen molar-refractivity contribution < 1.29 is 4.74 Å². The lowest BCUT2D eigenvalue weighted by Gasteiger charge is -1.99. The van der Waals surface area contributed by atoms with Crippen molar-refractivity contribution in [2.24, 2.45) is 0 Å². The number of hydrogen-bond donors (Lipinski definition) is 1. The molecule has 0 amide bonds. The van der Waals surface area contributed by atoms with Crippen LogP contribution in [0.1, 0.15) is 0 Å². The minimum atomic E-state index is -0.196. The van der Waals surface area contributed by atoms with Crippen LogP contribution in [-0.2, 0) is 0 Å². The zero-order chi connectivity index (χ0) is 18.4. The second-order valence-corrected chi connectivity index (χ2v) is 7.02. The van der Waals surface area contributed by atoms with E-state index in [0.717, 1.165) is 32.8 Å². The molecule has 2 aromatic carbocycles. The second kappa shape index (κ2) is 6.07. The molecule has 27 heavy (non-hydrogen) atoms. The second-order valence-electron chi connectivity index (χ2n) is 6.06. The molecule has 0 saturated heterocycles. The van der Waals surface area contributed by atoms with Crippen molar-refractivity contribution in [3.05, 3.63) is 71.1 Å². The Morgan fingerprint density at radius 1 is 1.11 bits per heavy atom. The van der Waals surface area contributed by atoms with Gasteiger partial charge in [0.2, 0.25) is 4.96 Å². The number of aromatic amines is 1. The van der Waals surface area contributed by atoms with Crippen LogP contribution in [0.15, 0.2) is 65.6 Å². The lowest BCUT2D eigenvalue weighted by molar-refractivity contribution is 0.415. The molecule has 3 heterocycles. The van der Waals surface area contributed by atoms with Crippen LogP contribution in [0.25, 0.3) is 37.7 Å². The Hall–Kier alpha value is -3.45. The van der Waals surface area contributed by atoms with E-state index in [-0.39, 0.29) is 5.56 Å². The van der Waals surface area contributed by atoms with E-state index in [1.807, 2.05) is 54.7 Å². The van der Waals surface area contributed by atoms with E-state index in [9.17, 15) is 4.79 Å². The predicted octanol–water partition coefficient (Wildman–Crippen LogP) is 3.97. The first-order valence-corrected chi connectivity index (χ1v) is 9.16. The van der Waals surface area contributed by atoms with E-state index in [2.05, 4.69) is 15.1 Å². The normalized spacial score (nSPS) is 11.3. The summed E-state index contributed by atoms with van der Waals surface area (Å²) in [7, 11) is 1.64. The average Bonchev–Trinajstić information content (AvgIpc) is 3.32. The van der Waals surface area contributed by atoms with Gasteiger partial charge in [0.15, 0.2) is 0 Å². The molecular formula is C20H14N4O2S. The van der Waals surface area contributed by atoms with Crippen LogP contribution >= 0.6 is 11.3 Å². The van der Waals surface area contributed by atoms with Gasteiger partial charge in [0, 0.05) is 34.3 Å². The summed E-state index contributed by atoms with van der Waals surface area (Å²) in [4.78, 5) is 21.0. The van der Waals surface area contributed by atoms with Gasteiger partial charge in [-0.05, 0) is 18.2 Å². The van der Waals surface area contributed by atoms with Crippen molar-refractivity contribution >= 4 is 27.2 Å². The van der Waals surface area contributed by atoms with E-state index in [1.165, 1.54) is 21.9 Å². The lowest BCUT2D eigenvalue weighted by Crippen LogP contribution is -2.14. The number of nitrogens with one attached hydrogen (secondary N) is 1. The number of fused-ring (bicyclic) bond motifs is 2. The molecule has 0 saturated carbocycles. The van der Waals surface area contributed by atoms with E-state index in [4.69, 9.17) is 4.74 Å². The molecule has 0 aliphatic carbocycles. The summed E-state index contributed by atoms with van der Waals surface area (Å²) in [6.45, 7) is 0. The van der Waals surface area contributed by atoms with Gasteiger partial charge < -0.3 is 9.72 Å². The first kappa shape index (κ1) is 15.8. The van der Waals surface area contributed by atoms with Gasteiger partial charge in [0.25, 0.3) is 5.56 Å². The van der Waals surface area contributed by atoms with Crippen LogP contribution in [0.2, 0.25) is 0 Å². The Morgan fingerprint density at radius 3 is 2.78 bits per heavy atom. The highest BCUT2D eigenvalue weighted by Gasteiger charge is 2.15. The fourth-order valence-electron chi connectivity index (χ4n) is 3.08. The van der Waals surface area contributed by atoms with Crippen molar-refractivity contribution in [2.45, 2.75) is 0 Å². The molecule has 0 bridgehead atoms. The molecule has 132 valence electrons. The van der Waals surface area contributed by atoms with Crippen LogP contribution in [-0.4, -0.2) is 26.7 Å². The maximum absolute atomic E-state index is 12.6. The Morgan fingerprint density at radius 2 is 1.96 bits per heavy atom. The quantitative estimate of drug-likeness (QED) is 0.519. The van der Waals surface area contributed by atoms with E-state index < -0.39 is 0 Å². The zero-order valence-corrected chi connectivity index (χ0v) is 15.2. The maximum Gasteiger partial charge on any atom is 0.275 e. The number of rotatable bonds is 3. The molecule has 0 atom stereocenters. The summed E-state index contributed by atoms with van der Waals surface area (Å²) < 4.78 is 6.68. The van der Waals surface area contributed by atoms with Gasteiger partial charge in [-0.1, -0.05) is 41.7 Å². The van der Waals surface area contributed by atoms with E-state index in [0.29, 0.717) is 10.7 Å². The van der Waals surface area contributed by atoms with E-state index in [1.54, 1.807) is 7.11 Å². The Bertz CT molecular complexity index is 1330. The topological polar surface area (TPSA) is 72.3 Å². The van der Waals surface area contributed by atoms with Crippen LogP contribution in [0.3, 0.4) is 0 Å². The molecule has 3 aromatic heterocycles. The summed E-state index contributed by atoms with van der Waals surface area (Å²) in [6, 6.07) is 17.0. The number of ether oxygens (including phenoxy) is 1. The molecule has 6 nitrogen and oxygen atoms in total. The van der Waals surface area contributed by atoms with Crippen LogP contribution in [0.5, 0.6) is 5.75 Å². The molecule has 0 aliphatic heterocycles. The molecule has 0 fully saturated rings. The standard InChI is InChI=1S/C20H14N4O2S/c1-26-13-7-8-16-14(9-13)15(11-21-16)19-23-24-18(25)10-17(22-20(24)27-19)12-5-3-2-4-6-12/h2-11,21H,1H3. The molecule has 0 aliphatic rings. The third-order valence-electron chi connectivity index (χ3n) is 4.43. The van der Waals surface area contributed by atoms with Crippen LogP contribution in [0.4, 0.5) is 0 Å². The first-order chi connectivity index (χ1) is 13.2. The summed E-state index contributed by atoms with van der Waals surface area (Å²) in [5, 5.41) is 6.21. The van der Waals surface area contributed by atoms with Gasteiger partial charge in [0.05, 0.1) is 12.8 Å². The van der Waals surface area contributed by atoms with Crippen molar-refractivity contribution in [3.63, 3.8) is 0 Å². The number of benzene rings is 2.